The Hall–Kier alpha value is -2.56. The summed E-state index contributed by atoms with van der Waals surface area (Å²) in [6, 6.07) is 2.21. The number of hydrogen-bond acceptors (Lipinski definition) is 5. The molecule has 102 valence electrons. The lowest BCUT2D eigenvalue weighted by molar-refractivity contribution is 0.0874. The van der Waals surface area contributed by atoms with E-state index in [-0.39, 0.29) is 34.6 Å². The summed E-state index contributed by atoms with van der Waals surface area (Å²) in [4.78, 5) is 24.7. The minimum atomic E-state index is -0.496. The molecule has 5 heteroatoms. The van der Waals surface area contributed by atoms with Gasteiger partial charge in [0.25, 0.3) is 0 Å². The maximum Gasteiger partial charge on any atom is 0.229 e. The molecule has 0 saturated carbocycles. The summed E-state index contributed by atoms with van der Waals surface area (Å²) in [7, 11) is 0. The molecule has 1 aliphatic carbocycles. The maximum atomic E-state index is 12.4. The number of rotatable bonds is 1. The van der Waals surface area contributed by atoms with Gasteiger partial charge in [0.15, 0.2) is 11.5 Å². The highest BCUT2D eigenvalue weighted by molar-refractivity contribution is 6.27. The van der Waals surface area contributed by atoms with Crippen LogP contribution in [0.2, 0.25) is 0 Å². The first-order chi connectivity index (χ1) is 9.40. The van der Waals surface area contributed by atoms with Crippen molar-refractivity contribution in [2.75, 3.05) is 0 Å². The minimum Gasteiger partial charge on any atom is -0.508 e. The van der Waals surface area contributed by atoms with Crippen LogP contribution in [0.1, 0.15) is 34.1 Å². The molecule has 1 aliphatic heterocycles. The Bertz CT molecular complexity index is 711. The topological polar surface area (TPSA) is 83.8 Å². The molecular formula is C15H12O5. The van der Waals surface area contributed by atoms with Crippen molar-refractivity contribution in [2.24, 2.45) is 0 Å². The van der Waals surface area contributed by atoms with E-state index in [0.717, 1.165) is 17.7 Å². The van der Waals surface area contributed by atoms with Gasteiger partial charge in [0.2, 0.25) is 5.78 Å². The van der Waals surface area contributed by atoms with Crippen LogP contribution in [0.15, 0.2) is 35.6 Å². The number of fused-ring (bicyclic) bond motifs is 1. The summed E-state index contributed by atoms with van der Waals surface area (Å²) in [5.41, 5.74) is 0.874. The Balaban J connectivity index is 2.15. The predicted molar refractivity (Wildman–Crippen MR) is 69.8 cm³/mol. The first kappa shape index (κ1) is 12.5. The number of carbonyl (C=O) groups excluding carboxylic acids is 2. The minimum absolute atomic E-state index is 0.000463. The predicted octanol–water partition coefficient (Wildman–Crippen LogP) is 2.10. The van der Waals surface area contributed by atoms with Gasteiger partial charge >= 0.3 is 0 Å². The Morgan fingerprint density at radius 2 is 2.00 bits per heavy atom. The summed E-state index contributed by atoms with van der Waals surface area (Å²) >= 11 is 0. The lowest BCUT2D eigenvalue weighted by Crippen LogP contribution is -2.20. The quantitative estimate of drug-likeness (QED) is 0.765. The van der Waals surface area contributed by atoms with Gasteiger partial charge in [0.1, 0.15) is 17.6 Å². The second-order valence-electron chi connectivity index (χ2n) is 5.01. The molecule has 0 unspecified atom stereocenters. The molecule has 0 amide bonds. The van der Waals surface area contributed by atoms with E-state index in [9.17, 15) is 19.8 Å². The van der Waals surface area contributed by atoms with Crippen LogP contribution in [0.5, 0.6) is 11.5 Å². The van der Waals surface area contributed by atoms with E-state index in [0.29, 0.717) is 0 Å². The molecule has 0 radical (unpaired) electrons. The highest BCUT2D eigenvalue weighted by Gasteiger charge is 2.41. The largest absolute Gasteiger partial charge is 0.508 e. The number of ketones is 2. The highest BCUT2D eigenvalue weighted by atomic mass is 16.5. The summed E-state index contributed by atoms with van der Waals surface area (Å²) in [6.07, 6.45) is -0.132. The number of carbonyl (C=O) groups is 2. The van der Waals surface area contributed by atoms with Gasteiger partial charge in [-0.05, 0) is 18.6 Å². The van der Waals surface area contributed by atoms with Crippen LogP contribution < -0.4 is 0 Å². The SMILES string of the molecule is C=C(C)[C@H]1CC2=C(O1)C(=O)c1cc(O)cc(O)c1C2=O. The Kier molecular flexibility index (Phi) is 2.47. The Morgan fingerprint density at radius 3 is 2.65 bits per heavy atom. The number of phenols is 2. The fourth-order valence-electron chi connectivity index (χ4n) is 2.50. The molecule has 0 spiro atoms. The highest BCUT2D eigenvalue weighted by Crippen LogP contribution is 2.41. The molecular weight excluding hydrogens is 260 g/mol. The summed E-state index contributed by atoms with van der Waals surface area (Å²) in [5.74, 6) is -1.61. The van der Waals surface area contributed by atoms with Gasteiger partial charge in [0, 0.05) is 18.1 Å². The third-order valence-electron chi connectivity index (χ3n) is 3.53. The molecule has 0 bridgehead atoms. The molecule has 1 atom stereocenters. The average molecular weight is 272 g/mol. The number of Topliss-reactive ketones (excluding diaryl/α,β-unsaturated/α-hetero) is 2. The summed E-state index contributed by atoms with van der Waals surface area (Å²) in [6.45, 7) is 5.52. The second-order valence-corrected chi connectivity index (χ2v) is 5.01. The Labute approximate surface area is 114 Å². The molecule has 0 fully saturated rings. The van der Waals surface area contributed by atoms with E-state index < -0.39 is 23.4 Å². The summed E-state index contributed by atoms with van der Waals surface area (Å²) < 4.78 is 5.49. The van der Waals surface area contributed by atoms with Gasteiger partial charge in [0.05, 0.1) is 11.1 Å². The van der Waals surface area contributed by atoms with E-state index in [4.69, 9.17) is 4.74 Å². The van der Waals surface area contributed by atoms with Gasteiger partial charge in [-0.3, -0.25) is 9.59 Å². The molecule has 0 saturated heterocycles. The van der Waals surface area contributed by atoms with Crippen LogP contribution in [0, 0.1) is 0 Å². The first-order valence-corrected chi connectivity index (χ1v) is 6.10. The number of phenolic OH excluding ortho intramolecular Hbond substituents is 2. The van der Waals surface area contributed by atoms with E-state index in [1.54, 1.807) is 6.92 Å². The molecule has 2 N–H and O–H groups in total. The van der Waals surface area contributed by atoms with Gasteiger partial charge in [-0.1, -0.05) is 6.58 Å². The lowest BCUT2D eigenvalue weighted by atomic mass is 9.86. The standard InChI is InChI=1S/C15H12O5/c1-6(2)11-5-9-13(18)12-8(14(19)15(9)20-11)3-7(16)4-10(12)17/h3-4,11,16-17H,1,5H2,2H3/t11-/m1/s1. The fourth-order valence-corrected chi connectivity index (χ4v) is 2.50. The number of aromatic hydroxyl groups is 2. The van der Waals surface area contributed by atoms with Crippen molar-refractivity contribution in [2.45, 2.75) is 19.4 Å². The lowest BCUT2D eigenvalue weighted by Gasteiger charge is -2.16. The number of benzene rings is 1. The van der Waals surface area contributed by atoms with Crippen LogP contribution in [0.4, 0.5) is 0 Å². The van der Waals surface area contributed by atoms with Gasteiger partial charge in [-0.25, -0.2) is 0 Å². The van der Waals surface area contributed by atoms with Crippen molar-refractivity contribution in [1.29, 1.82) is 0 Å². The van der Waals surface area contributed by atoms with Crippen LogP contribution in [-0.2, 0) is 4.74 Å². The van der Waals surface area contributed by atoms with Crippen molar-refractivity contribution in [3.05, 3.63) is 46.7 Å². The van der Waals surface area contributed by atoms with Crippen molar-refractivity contribution in [3.63, 3.8) is 0 Å². The fraction of sp³-hybridized carbons (Fsp3) is 0.200. The van der Waals surface area contributed by atoms with Gasteiger partial charge < -0.3 is 14.9 Å². The van der Waals surface area contributed by atoms with Gasteiger partial charge in [-0.15, -0.1) is 0 Å². The van der Waals surface area contributed by atoms with E-state index in [1.807, 2.05) is 0 Å². The van der Waals surface area contributed by atoms with E-state index in [1.165, 1.54) is 0 Å². The van der Waals surface area contributed by atoms with Crippen molar-refractivity contribution >= 4 is 11.6 Å². The third kappa shape index (κ3) is 1.56. The number of hydrogen-bond donors (Lipinski definition) is 2. The maximum absolute atomic E-state index is 12.4. The van der Waals surface area contributed by atoms with Crippen molar-refractivity contribution < 1.29 is 24.5 Å². The number of allylic oxidation sites excluding steroid dienone is 1. The van der Waals surface area contributed by atoms with Crippen LogP contribution in [-0.4, -0.2) is 27.9 Å². The monoisotopic (exact) mass is 272 g/mol. The van der Waals surface area contributed by atoms with Crippen molar-refractivity contribution in [3.8, 4) is 11.5 Å². The van der Waals surface area contributed by atoms with Gasteiger partial charge in [-0.2, -0.15) is 0 Å². The van der Waals surface area contributed by atoms with Crippen molar-refractivity contribution in [1.82, 2.24) is 0 Å². The molecule has 2 aliphatic rings. The molecule has 5 nitrogen and oxygen atoms in total. The zero-order valence-electron chi connectivity index (χ0n) is 10.8. The molecule has 1 heterocycles. The molecule has 1 aromatic rings. The van der Waals surface area contributed by atoms with E-state index >= 15 is 0 Å². The second kappa shape index (κ2) is 3.96. The zero-order chi connectivity index (χ0) is 14.6. The first-order valence-electron chi connectivity index (χ1n) is 6.10. The normalized spacial score (nSPS) is 20.6. The smallest absolute Gasteiger partial charge is 0.229 e. The summed E-state index contributed by atoms with van der Waals surface area (Å²) in [5, 5.41) is 19.3. The van der Waals surface area contributed by atoms with Crippen LogP contribution in [0.25, 0.3) is 0 Å². The number of ether oxygens (including phenoxy) is 1. The third-order valence-corrected chi connectivity index (χ3v) is 3.53. The molecule has 20 heavy (non-hydrogen) atoms. The molecule has 1 aromatic carbocycles. The van der Waals surface area contributed by atoms with Crippen LogP contribution >= 0.6 is 0 Å². The Morgan fingerprint density at radius 1 is 1.30 bits per heavy atom. The average Bonchev–Trinajstić information content (AvgIpc) is 2.80. The molecule has 3 rings (SSSR count). The van der Waals surface area contributed by atoms with E-state index in [2.05, 4.69) is 6.58 Å². The zero-order valence-corrected chi connectivity index (χ0v) is 10.8. The molecule has 0 aromatic heterocycles. The van der Waals surface area contributed by atoms with Crippen LogP contribution in [0.3, 0.4) is 0 Å².